The van der Waals surface area contributed by atoms with E-state index in [9.17, 15) is 0 Å². The summed E-state index contributed by atoms with van der Waals surface area (Å²) < 4.78 is 2.52. The molecular weight excluding hydrogens is 238 g/mol. The third-order valence-electron chi connectivity index (χ3n) is 1.33. The summed E-state index contributed by atoms with van der Waals surface area (Å²) in [5, 5.41) is 10.4. The number of hydrogen-bond acceptors (Lipinski definition) is 5. The van der Waals surface area contributed by atoms with E-state index < -0.39 is 0 Å². The molecule has 0 aliphatic rings. The fourth-order valence-electron chi connectivity index (χ4n) is 0.890. The Labute approximate surface area is 82.3 Å². The highest BCUT2D eigenvalue weighted by Crippen LogP contribution is 2.15. The minimum atomic E-state index is 0.289. The van der Waals surface area contributed by atoms with Crippen molar-refractivity contribution in [3.8, 4) is 0 Å². The van der Waals surface area contributed by atoms with Gasteiger partial charge in [-0.25, -0.2) is 10.4 Å². The van der Waals surface area contributed by atoms with Crippen molar-refractivity contribution in [2.24, 2.45) is 5.90 Å². The lowest BCUT2D eigenvalue weighted by Gasteiger charge is -1.90. The van der Waals surface area contributed by atoms with Gasteiger partial charge in [-0.15, -0.1) is 5.10 Å². The predicted molar refractivity (Wildman–Crippen MR) is 51.1 cm³/mol. The van der Waals surface area contributed by atoms with Crippen molar-refractivity contribution < 1.29 is 5.21 Å². The Hall–Kier alpha value is -1.18. The van der Waals surface area contributed by atoms with Crippen LogP contribution in [0.1, 0.15) is 0 Å². The first kappa shape index (κ1) is 9.90. The van der Waals surface area contributed by atoms with E-state index in [1.807, 2.05) is 12.1 Å². The van der Waals surface area contributed by atoms with E-state index in [0.29, 0.717) is 0 Å². The number of nitrogens with two attached hydrogens (primary N) is 2. The molecule has 0 saturated carbocycles. The van der Waals surface area contributed by atoms with Crippen molar-refractivity contribution in [1.29, 1.82) is 0 Å². The Morgan fingerprint density at radius 1 is 1.46 bits per heavy atom. The molecule has 0 unspecified atom stereocenters. The van der Waals surface area contributed by atoms with Gasteiger partial charge in [-0.2, -0.15) is 4.98 Å². The SMILES string of the molecule is NO.Nc1nc2c(Br)cccn2n1. The Morgan fingerprint density at radius 3 is 2.77 bits per heavy atom. The zero-order valence-electron chi connectivity index (χ0n) is 6.55. The maximum absolute atomic E-state index is 6.50. The Bertz CT molecular complexity index is 401. The smallest absolute Gasteiger partial charge is 0.240 e. The highest BCUT2D eigenvalue weighted by Gasteiger charge is 2.01. The zero-order valence-corrected chi connectivity index (χ0v) is 8.14. The van der Waals surface area contributed by atoms with Gasteiger partial charge >= 0.3 is 0 Å². The minimum Gasteiger partial charge on any atom is -0.366 e. The average molecular weight is 246 g/mol. The van der Waals surface area contributed by atoms with Crippen molar-refractivity contribution in [3.05, 3.63) is 22.8 Å². The van der Waals surface area contributed by atoms with Gasteiger partial charge in [-0.05, 0) is 28.1 Å². The number of rotatable bonds is 0. The predicted octanol–water partition coefficient (Wildman–Crippen LogP) is 0.408. The van der Waals surface area contributed by atoms with E-state index in [1.165, 1.54) is 0 Å². The number of pyridine rings is 1. The van der Waals surface area contributed by atoms with Crippen molar-refractivity contribution in [1.82, 2.24) is 14.6 Å². The van der Waals surface area contributed by atoms with Gasteiger partial charge in [0.05, 0.1) is 4.47 Å². The van der Waals surface area contributed by atoms with E-state index >= 15 is 0 Å². The van der Waals surface area contributed by atoms with Gasteiger partial charge < -0.3 is 10.9 Å². The number of aromatic nitrogens is 3. The molecule has 2 rings (SSSR count). The Morgan fingerprint density at radius 2 is 2.15 bits per heavy atom. The first-order chi connectivity index (χ1) is 6.27. The summed E-state index contributed by atoms with van der Waals surface area (Å²) in [6.45, 7) is 0. The molecule has 0 fully saturated rings. The molecule has 5 N–H and O–H groups in total. The summed E-state index contributed by atoms with van der Waals surface area (Å²) in [5.41, 5.74) is 6.14. The van der Waals surface area contributed by atoms with E-state index in [-0.39, 0.29) is 5.95 Å². The quantitative estimate of drug-likeness (QED) is 0.584. The Kier molecular flexibility index (Phi) is 3.18. The second-order valence-corrected chi connectivity index (χ2v) is 2.95. The number of nitrogen functional groups attached to an aromatic ring is 1. The van der Waals surface area contributed by atoms with Gasteiger partial charge in [0.1, 0.15) is 0 Å². The van der Waals surface area contributed by atoms with Crippen molar-refractivity contribution >= 4 is 27.5 Å². The summed E-state index contributed by atoms with van der Waals surface area (Å²) in [5.74, 6) is 3.79. The minimum absolute atomic E-state index is 0.289. The van der Waals surface area contributed by atoms with Crippen LogP contribution in [0.15, 0.2) is 22.8 Å². The van der Waals surface area contributed by atoms with Crippen LogP contribution in [-0.2, 0) is 0 Å². The molecule has 70 valence electrons. The van der Waals surface area contributed by atoms with E-state index in [1.54, 1.807) is 10.7 Å². The highest BCUT2D eigenvalue weighted by atomic mass is 79.9. The van der Waals surface area contributed by atoms with Crippen LogP contribution in [0.2, 0.25) is 0 Å². The second-order valence-electron chi connectivity index (χ2n) is 2.09. The lowest BCUT2D eigenvalue weighted by atomic mass is 10.5. The molecule has 0 aliphatic heterocycles. The summed E-state index contributed by atoms with van der Waals surface area (Å²) >= 11 is 3.33. The van der Waals surface area contributed by atoms with Crippen LogP contribution in [0.4, 0.5) is 5.95 Å². The van der Waals surface area contributed by atoms with Crippen molar-refractivity contribution in [2.75, 3.05) is 5.73 Å². The maximum atomic E-state index is 6.50. The average Bonchev–Trinajstić information content (AvgIpc) is 2.51. The largest absolute Gasteiger partial charge is 0.366 e. The normalized spacial score (nSPS) is 9.46. The molecule has 0 saturated heterocycles. The first-order valence-corrected chi connectivity index (χ1v) is 4.09. The number of halogens is 1. The van der Waals surface area contributed by atoms with Crippen molar-refractivity contribution in [2.45, 2.75) is 0 Å². The molecule has 2 heterocycles. The fourth-order valence-corrected chi connectivity index (χ4v) is 1.31. The number of anilines is 1. The van der Waals surface area contributed by atoms with Gasteiger partial charge in [-0.3, -0.25) is 0 Å². The molecule has 0 spiro atoms. The topological polar surface area (TPSA) is 102 Å². The Balaban J connectivity index is 0.000000396. The van der Waals surface area contributed by atoms with Gasteiger partial charge in [0.25, 0.3) is 0 Å². The summed E-state index contributed by atoms with van der Waals surface area (Å²) in [6.07, 6.45) is 1.80. The standard InChI is InChI=1S/C6H5BrN4.H3NO/c7-4-2-1-3-11-5(4)9-6(8)10-11;1-2/h1-3H,(H2,8,10);2H,1H2. The van der Waals surface area contributed by atoms with Gasteiger partial charge in [0, 0.05) is 6.20 Å². The summed E-state index contributed by atoms with van der Waals surface area (Å²) in [4.78, 5) is 4.00. The summed E-state index contributed by atoms with van der Waals surface area (Å²) in [7, 11) is 0. The maximum Gasteiger partial charge on any atom is 0.240 e. The van der Waals surface area contributed by atoms with Crippen LogP contribution in [0, 0.1) is 0 Å². The van der Waals surface area contributed by atoms with Crippen LogP contribution < -0.4 is 11.6 Å². The fraction of sp³-hybridized carbons (Fsp3) is 0. The molecule has 2 aromatic heterocycles. The molecule has 0 aromatic carbocycles. The van der Waals surface area contributed by atoms with E-state index in [0.717, 1.165) is 10.1 Å². The lowest BCUT2D eigenvalue weighted by Crippen LogP contribution is -1.88. The molecular formula is C6H8BrN5O. The molecule has 0 bridgehead atoms. The first-order valence-electron chi connectivity index (χ1n) is 3.29. The molecule has 7 heteroatoms. The van der Waals surface area contributed by atoms with Crippen LogP contribution in [0.3, 0.4) is 0 Å². The number of fused-ring (bicyclic) bond motifs is 1. The molecule has 0 radical (unpaired) electrons. The van der Waals surface area contributed by atoms with E-state index in [2.05, 4.69) is 31.9 Å². The summed E-state index contributed by atoms with van der Waals surface area (Å²) in [6, 6.07) is 3.76. The van der Waals surface area contributed by atoms with Crippen LogP contribution in [-0.4, -0.2) is 19.8 Å². The molecule has 13 heavy (non-hydrogen) atoms. The highest BCUT2D eigenvalue weighted by molar-refractivity contribution is 9.10. The lowest BCUT2D eigenvalue weighted by molar-refractivity contribution is 0.311. The van der Waals surface area contributed by atoms with Crippen LogP contribution in [0.25, 0.3) is 5.65 Å². The molecule has 6 nitrogen and oxygen atoms in total. The molecule has 0 atom stereocenters. The van der Waals surface area contributed by atoms with Gasteiger partial charge in [-0.1, -0.05) is 0 Å². The number of nitrogens with zero attached hydrogens (tertiary/aromatic N) is 3. The zero-order chi connectivity index (χ0) is 9.84. The third kappa shape index (κ3) is 1.94. The molecule has 2 aromatic rings. The van der Waals surface area contributed by atoms with E-state index in [4.69, 9.17) is 10.9 Å². The third-order valence-corrected chi connectivity index (χ3v) is 1.95. The van der Waals surface area contributed by atoms with Crippen LogP contribution >= 0.6 is 15.9 Å². The van der Waals surface area contributed by atoms with Crippen molar-refractivity contribution in [3.63, 3.8) is 0 Å². The monoisotopic (exact) mass is 245 g/mol. The van der Waals surface area contributed by atoms with Gasteiger partial charge in [0.15, 0.2) is 5.65 Å². The molecule has 0 aliphatic carbocycles. The van der Waals surface area contributed by atoms with Crippen LogP contribution in [0.5, 0.6) is 0 Å². The van der Waals surface area contributed by atoms with Gasteiger partial charge in [0.2, 0.25) is 5.95 Å². The molecule has 0 amide bonds. The second kappa shape index (κ2) is 4.17. The number of hydrogen-bond donors (Lipinski definition) is 3.